The van der Waals surface area contributed by atoms with Gasteiger partial charge in [0.2, 0.25) is 0 Å². The van der Waals surface area contributed by atoms with Gasteiger partial charge in [-0.05, 0) is 12.1 Å². The van der Waals surface area contributed by atoms with E-state index in [9.17, 15) is 9.59 Å². The van der Waals surface area contributed by atoms with E-state index in [0.29, 0.717) is 5.75 Å². The number of carbonyl (C=O) groups excluding carboxylic acids is 2. The summed E-state index contributed by atoms with van der Waals surface area (Å²) in [6.07, 6.45) is 0. The normalized spacial score (nSPS) is 8.24. The third-order valence-electron chi connectivity index (χ3n) is 1.83. The lowest BCUT2D eigenvalue weighted by Gasteiger charge is -1.92. The fourth-order valence-corrected chi connectivity index (χ4v) is 0.990. The summed E-state index contributed by atoms with van der Waals surface area (Å²) in [6, 6.07) is 19.8. The number of hydrogen-bond acceptors (Lipinski definition) is 4. The number of phenols is 1. The molecule has 3 amide bonds. The van der Waals surface area contributed by atoms with Crippen molar-refractivity contribution in [3.8, 4) is 5.75 Å². The molecule has 0 heterocycles. The van der Waals surface area contributed by atoms with Crippen LogP contribution in [0.4, 0.5) is 4.79 Å². The standard InChI is InChI=1S/C6H6O.C6H6.C3H6N2O3/c7-6-4-2-1-3-5-6;1-2-4-6-5-3-1;4-3(8)5-2(7)1-6/h1-5,7H;1-6H;6H,1H2,(H3,4,5,7,8). The van der Waals surface area contributed by atoms with Crippen LogP contribution in [0.1, 0.15) is 0 Å². The molecule has 0 aliphatic heterocycles. The van der Waals surface area contributed by atoms with Crippen molar-refractivity contribution in [2.75, 3.05) is 6.61 Å². The Morgan fingerprint density at radius 1 is 0.905 bits per heavy atom. The van der Waals surface area contributed by atoms with Crippen molar-refractivity contribution in [3.05, 3.63) is 66.7 Å². The van der Waals surface area contributed by atoms with Gasteiger partial charge < -0.3 is 15.9 Å². The number of aliphatic hydroxyl groups excluding tert-OH is 1. The quantitative estimate of drug-likeness (QED) is 0.633. The second kappa shape index (κ2) is 12.2. The number of hydrogen-bond donors (Lipinski definition) is 4. The van der Waals surface area contributed by atoms with Crippen LogP contribution in [0.3, 0.4) is 0 Å². The number of amides is 3. The zero-order valence-electron chi connectivity index (χ0n) is 11.3. The van der Waals surface area contributed by atoms with Gasteiger partial charge in [-0.15, -0.1) is 0 Å². The molecular formula is C15H18N2O4. The zero-order chi connectivity index (χ0) is 15.9. The highest BCUT2D eigenvalue weighted by Crippen LogP contribution is 2.02. The van der Waals surface area contributed by atoms with Gasteiger partial charge in [0, 0.05) is 0 Å². The Balaban J connectivity index is 0.000000288. The van der Waals surface area contributed by atoms with Gasteiger partial charge in [-0.1, -0.05) is 54.6 Å². The van der Waals surface area contributed by atoms with E-state index in [2.05, 4.69) is 5.73 Å². The summed E-state index contributed by atoms with van der Waals surface area (Å²) in [5.74, 6) is -0.472. The molecule has 6 heteroatoms. The number of phenolic OH excluding ortho intramolecular Hbond substituents is 1. The third-order valence-corrected chi connectivity index (χ3v) is 1.83. The van der Waals surface area contributed by atoms with Crippen molar-refractivity contribution >= 4 is 11.9 Å². The zero-order valence-corrected chi connectivity index (χ0v) is 11.3. The van der Waals surface area contributed by atoms with Gasteiger partial charge in [-0.3, -0.25) is 10.1 Å². The number of para-hydroxylation sites is 1. The number of nitrogens with one attached hydrogen (secondary N) is 1. The first kappa shape index (κ1) is 18.1. The van der Waals surface area contributed by atoms with E-state index in [4.69, 9.17) is 10.2 Å². The summed E-state index contributed by atoms with van der Waals surface area (Å²) in [7, 11) is 0. The van der Waals surface area contributed by atoms with Crippen LogP contribution >= 0.6 is 0 Å². The van der Waals surface area contributed by atoms with E-state index in [-0.39, 0.29) is 0 Å². The minimum atomic E-state index is -0.955. The molecule has 0 aliphatic carbocycles. The number of carbonyl (C=O) groups is 2. The molecule has 0 radical (unpaired) electrons. The highest BCUT2D eigenvalue weighted by Gasteiger charge is 1.98. The molecule has 0 unspecified atom stereocenters. The second-order valence-corrected chi connectivity index (χ2v) is 3.56. The van der Waals surface area contributed by atoms with E-state index >= 15 is 0 Å². The number of benzene rings is 2. The number of imide groups is 1. The average Bonchev–Trinajstić information content (AvgIpc) is 2.50. The van der Waals surface area contributed by atoms with E-state index < -0.39 is 18.5 Å². The molecule has 0 fully saturated rings. The second-order valence-electron chi connectivity index (χ2n) is 3.56. The Kier molecular flexibility index (Phi) is 10.5. The number of urea groups is 1. The highest BCUT2D eigenvalue weighted by molar-refractivity contribution is 5.93. The number of aromatic hydroxyl groups is 1. The minimum Gasteiger partial charge on any atom is -0.508 e. The van der Waals surface area contributed by atoms with Crippen LogP contribution in [0.15, 0.2) is 66.7 Å². The Bertz CT molecular complexity index is 477. The SMILES string of the molecule is NC(=O)NC(=O)CO.Oc1ccccc1.c1ccccc1. The molecule has 2 aromatic rings. The lowest BCUT2D eigenvalue weighted by molar-refractivity contribution is -0.122. The predicted molar refractivity (Wildman–Crippen MR) is 79.4 cm³/mol. The summed E-state index contributed by atoms with van der Waals surface area (Å²) in [6.45, 7) is -0.719. The van der Waals surface area contributed by atoms with Gasteiger partial charge in [-0.25, -0.2) is 4.79 Å². The Morgan fingerprint density at radius 3 is 1.48 bits per heavy atom. The van der Waals surface area contributed by atoms with Gasteiger partial charge in [0.25, 0.3) is 5.91 Å². The summed E-state index contributed by atoms with van der Waals surface area (Å²) in [5.41, 5.74) is 4.49. The molecule has 0 saturated heterocycles. The molecule has 6 nitrogen and oxygen atoms in total. The van der Waals surface area contributed by atoms with Crippen LogP contribution in [-0.4, -0.2) is 28.8 Å². The van der Waals surface area contributed by atoms with Crippen molar-refractivity contribution in [2.45, 2.75) is 0 Å². The lowest BCUT2D eigenvalue weighted by atomic mass is 10.3. The molecule has 112 valence electrons. The minimum absolute atomic E-state index is 0.322. The van der Waals surface area contributed by atoms with Crippen molar-refractivity contribution < 1.29 is 19.8 Å². The topological polar surface area (TPSA) is 113 Å². The molecular weight excluding hydrogens is 272 g/mol. The number of nitrogens with two attached hydrogens (primary N) is 1. The van der Waals surface area contributed by atoms with Crippen molar-refractivity contribution in [1.82, 2.24) is 5.32 Å². The molecule has 0 spiro atoms. The van der Waals surface area contributed by atoms with Gasteiger partial charge in [-0.2, -0.15) is 0 Å². The van der Waals surface area contributed by atoms with Gasteiger partial charge in [0.05, 0.1) is 0 Å². The molecule has 0 bridgehead atoms. The molecule has 0 aromatic heterocycles. The molecule has 2 aromatic carbocycles. The first-order chi connectivity index (χ1) is 10.1. The van der Waals surface area contributed by atoms with Crippen LogP contribution in [-0.2, 0) is 4.79 Å². The Hall–Kier alpha value is -2.86. The number of aliphatic hydroxyl groups is 1. The molecule has 0 aliphatic rings. The maximum atomic E-state index is 9.96. The molecule has 21 heavy (non-hydrogen) atoms. The monoisotopic (exact) mass is 290 g/mol. The Labute approximate surface area is 122 Å². The molecule has 2 rings (SSSR count). The number of primary amides is 1. The molecule has 5 N–H and O–H groups in total. The van der Waals surface area contributed by atoms with Crippen molar-refractivity contribution in [3.63, 3.8) is 0 Å². The van der Waals surface area contributed by atoms with Crippen LogP contribution in [0.5, 0.6) is 5.75 Å². The maximum Gasteiger partial charge on any atom is 0.318 e. The van der Waals surface area contributed by atoms with Crippen LogP contribution in [0.2, 0.25) is 0 Å². The maximum absolute atomic E-state index is 9.96. The summed E-state index contributed by atoms with van der Waals surface area (Å²) >= 11 is 0. The van der Waals surface area contributed by atoms with Crippen molar-refractivity contribution in [1.29, 1.82) is 0 Å². The number of rotatable bonds is 1. The largest absolute Gasteiger partial charge is 0.508 e. The first-order valence-corrected chi connectivity index (χ1v) is 6.00. The highest BCUT2D eigenvalue weighted by atomic mass is 16.3. The first-order valence-electron chi connectivity index (χ1n) is 6.00. The molecule has 0 atom stereocenters. The van der Waals surface area contributed by atoms with Gasteiger partial charge >= 0.3 is 6.03 Å². The van der Waals surface area contributed by atoms with Crippen LogP contribution in [0, 0.1) is 0 Å². The van der Waals surface area contributed by atoms with Crippen molar-refractivity contribution in [2.24, 2.45) is 5.73 Å². The lowest BCUT2D eigenvalue weighted by Crippen LogP contribution is -2.36. The van der Waals surface area contributed by atoms with Crippen LogP contribution < -0.4 is 11.1 Å². The fourth-order valence-electron chi connectivity index (χ4n) is 0.990. The average molecular weight is 290 g/mol. The third kappa shape index (κ3) is 13.4. The smallest absolute Gasteiger partial charge is 0.318 e. The van der Waals surface area contributed by atoms with Gasteiger partial charge in [0.15, 0.2) is 0 Å². The predicted octanol–water partition coefficient (Wildman–Crippen LogP) is 1.25. The summed E-state index contributed by atoms with van der Waals surface area (Å²) in [5, 5.41) is 18.2. The molecule has 0 saturated carbocycles. The van der Waals surface area contributed by atoms with E-state index in [0.717, 1.165) is 0 Å². The van der Waals surface area contributed by atoms with E-state index in [1.165, 1.54) is 0 Å². The Morgan fingerprint density at radius 2 is 1.29 bits per heavy atom. The summed E-state index contributed by atoms with van der Waals surface area (Å²) in [4.78, 5) is 19.7. The summed E-state index contributed by atoms with van der Waals surface area (Å²) < 4.78 is 0. The van der Waals surface area contributed by atoms with E-state index in [1.807, 2.05) is 42.5 Å². The van der Waals surface area contributed by atoms with Crippen LogP contribution in [0.25, 0.3) is 0 Å². The van der Waals surface area contributed by atoms with Gasteiger partial charge in [0.1, 0.15) is 12.4 Å². The fraction of sp³-hybridized carbons (Fsp3) is 0.0667. The van der Waals surface area contributed by atoms with E-state index in [1.54, 1.807) is 29.6 Å².